The number of phenolic OH excluding ortho intramolecular Hbond substituents is 1. The van der Waals surface area contributed by atoms with Crippen molar-refractivity contribution in [2.45, 2.75) is 63.2 Å². The number of phenols is 1. The number of hydrogen-bond donors (Lipinski definition) is 4. The Balaban J connectivity index is 0.730. The van der Waals surface area contributed by atoms with Gasteiger partial charge in [0.1, 0.15) is 23.7 Å². The van der Waals surface area contributed by atoms with E-state index in [1.54, 1.807) is 23.6 Å². The summed E-state index contributed by atoms with van der Waals surface area (Å²) in [5, 5.41) is 30.5. The number of carbonyl (C=O) groups excluding carboxylic acids is 6. The Bertz CT molecular complexity index is 2770. The number of rotatable bonds is 11. The highest BCUT2D eigenvalue weighted by molar-refractivity contribution is 7.13. The molecule has 17 nitrogen and oxygen atoms in total. The Morgan fingerprint density at radius 3 is 2.47 bits per heavy atom. The van der Waals surface area contributed by atoms with Crippen LogP contribution in [0.1, 0.15) is 86.8 Å². The molecule has 3 aromatic carbocycles. The number of nitrogens with one attached hydrogen (secondary N) is 3. The van der Waals surface area contributed by atoms with Gasteiger partial charge in [-0.15, -0.1) is 21.5 Å². The van der Waals surface area contributed by atoms with E-state index < -0.39 is 53.3 Å². The van der Waals surface area contributed by atoms with Gasteiger partial charge in [-0.05, 0) is 105 Å². The molecular weight excluding hydrogens is 868 g/mol. The van der Waals surface area contributed by atoms with Crippen molar-refractivity contribution in [2.75, 3.05) is 47.8 Å². The molecule has 3 saturated heterocycles. The first-order valence-corrected chi connectivity index (χ1v) is 22.9. The molecule has 0 aliphatic carbocycles. The monoisotopic (exact) mass is 912 g/mol. The van der Waals surface area contributed by atoms with Crippen LogP contribution in [0.4, 0.5) is 21.0 Å². The molecule has 0 radical (unpaired) electrons. The smallest absolute Gasteiger partial charge is 0.262 e. The van der Waals surface area contributed by atoms with E-state index in [2.05, 4.69) is 40.9 Å². The number of benzene rings is 3. The topological polar surface area (TPSA) is 210 Å². The molecule has 2 unspecified atom stereocenters. The summed E-state index contributed by atoms with van der Waals surface area (Å²) in [6.45, 7) is 4.13. The molecule has 338 valence electrons. The fraction of sp³-hybridized carbons (Fsp3) is 0.340. The van der Waals surface area contributed by atoms with Crippen molar-refractivity contribution in [3.8, 4) is 17.0 Å². The first-order valence-electron chi connectivity index (χ1n) is 22.0. The number of fused-ring (bicyclic) bond motifs is 2. The summed E-state index contributed by atoms with van der Waals surface area (Å²) in [4.78, 5) is 89.3. The van der Waals surface area contributed by atoms with Crippen LogP contribution in [0, 0.1) is 11.7 Å². The number of aromatic hydroxyl groups is 1. The fourth-order valence-corrected chi connectivity index (χ4v) is 10.3. The molecule has 0 bridgehead atoms. The van der Waals surface area contributed by atoms with Crippen LogP contribution in [-0.4, -0.2) is 110 Å². The summed E-state index contributed by atoms with van der Waals surface area (Å²) < 4.78 is 14.4. The van der Waals surface area contributed by atoms with Gasteiger partial charge in [0.25, 0.3) is 23.6 Å². The van der Waals surface area contributed by atoms with Crippen molar-refractivity contribution in [1.82, 2.24) is 35.6 Å². The zero-order chi connectivity index (χ0) is 45.6. The van der Waals surface area contributed by atoms with E-state index in [1.807, 2.05) is 30.3 Å². The average Bonchev–Trinajstić information content (AvgIpc) is 4.03. The highest BCUT2D eigenvalue weighted by Crippen LogP contribution is 2.38. The number of nitrogens with zero attached hydrogens (tertiary/aromatic N) is 7. The standard InChI is InChI=1S/C47H45FN10O7S/c48-29-5-10-38(59)35(21-29)41(43(62)52-47-49-15-19-66-47)57-24-28-4-3-27(20-33(28)44(57)63)36-8-11-39(54-53-36)55-17-13-26(14-18-55)23-50-30-2-1-16-56(25-30)31-6-7-32-34(22-31)46(65)58(45(32)64)37-9-12-40(60)51-42(37)61/h3-8,10-11,15,19-22,26,30,37,41,50,59H,1-2,9,12-14,16-18,23-25H2,(H,49,52,62)(H,51,60,61)/t30-,37?,41?/m0/s1. The van der Waals surface area contributed by atoms with E-state index in [0.717, 1.165) is 93.0 Å². The van der Waals surface area contributed by atoms with Gasteiger partial charge in [0, 0.05) is 79.1 Å². The maximum atomic E-state index is 14.4. The van der Waals surface area contributed by atoms with E-state index in [1.165, 1.54) is 22.4 Å². The predicted octanol–water partition coefficient (Wildman–Crippen LogP) is 4.66. The second-order valence-electron chi connectivity index (χ2n) is 17.3. The molecule has 5 aliphatic rings. The molecule has 7 heterocycles. The van der Waals surface area contributed by atoms with Crippen LogP contribution >= 0.6 is 11.3 Å². The van der Waals surface area contributed by atoms with Gasteiger partial charge < -0.3 is 25.1 Å². The molecule has 5 aromatic rings. The summed E-state index contributed by atoms with van der Waals surface area (Å²) in [5.74, 6) is -2.89. The van der Waals surface area contributed by atoms with E-state index in [0.29, 0.717) is 33.4 Å². The number of imide groups is 2. The normalized spacial score (nSPS) is 20.4. The van der Waals surface area contributed by atoms with Crippen molar-refractivity contribution in [2.24, 2.45) is 5.92 Å². The molecule has 10 rings (SSSR count). The minimum absolute atomic E-state index is 0.0410. The Hall–Kier alpha value is -7.12. The number of piperidine rings is 3. The highest BCUT2D eigenvalue weighted by Gasteiger charge is 2.45. The molecule has 0 saturated carbocycles. The van der Waals surface area contributed by atoms with E-state index in [4.69, 9.17) is 0 Å². The lowest BCUT2D eigenvalue weighted by Gasteiger charge is -2.37. The molecular formula is C47H45FN10O7S. The van der Waals surface area contributed by atoms with Crippen molar-refractivity contribution < 1.29 is 38.3 Å². The van der Waals surface area contributed by atoms with Crippen LogP contribution in [-0.2, 0) is 20.9 Å². The van der Waals surface area contributed by atoms with Crippen LogP contribution in [0.25, 0.3) is 11.3 Å². The van der Waals surface area contributed by atoms with Gasteiger partial charge in [0.2, 0.25) is 11.8 Å². The second kappa shape index (κ2) is 17.7. The summed E-state index contributed by atoms with van der Waals surface area (Å²) >= 11 is 1.19. The summed E-state index contributed by atoms with van der Waals surface area (Å²) in [6, 6.07) is 15.7. The predicted molar refractivity (Wildman–Crippen MR) is 240 cm³/mol. The maximum Gasteiger partial charge on any atom is 0.262 e. The van der Waals surface area contributed by atoms with Crippen LogP contribution in [0.5, 0.6) is 5.75 Å². The number of aromatic nitrogens is 3. The lowest BCUT2D eigenvalue weighted by atomic mass is 9.95. The van der Waals surface area contributed by atoms with Crippen LogP contribution < -0.4 is 25.8 Å². The lowest BCUT2D eigenvalue weighted by molar-refractivity contribution is -0.136. The van der Waals surface area contributed by atoms with Crippen molar-refractivity contribution in [3.05, 3.63) is 112 Å². The van der Waals surface area contributed by atoms with E-state index in [-0.39, 0.29) is 47.9 Å². The van der Waals surface area contributed by atoms with Gasteiger partial charge in [0.05, 0.1) is 16.8 Å². The van der Waals surface area contributed by atoms with Crippen LogP contribution in [0.3, 0.4) is 0 Å². The largest absolute Gasteiger partial charge is 0.508 e. The van der Waals surface area contributed by atoms with Gasteiger partial charge in [0.15, 0.2) is 10.9 Å². The fourth-order valence-electron chi connectivity index (χ4n) is 9.73. The maximum absolute atomic E-state index is 14.4. The molecule has 19 heteroatoms. The lowest BCUT2D eigenvalue weighted by Crippen LogP contribution is -2.54. The van der Waals surface area contributed by atoms with Gasteiger partial charge in [-0.3, -0.25) is 44.3 Å². The van der Waals surface area contributed by atoms with Gasteiger partial charge in [-0.2, -0.15) is 0 Å². The van der Waals surface area contributed by atoms with Crippen LogP contribution in [0.15, 0.2) is 78.3 Å². The SMILES string of the molecule is O=C1CCC(N2C(=O)c3ccc(N4CCC[C@H](NCC5CCN(c6ccc(-c7ccc8c(c7)C(=O)N(C(C(=O)Nc7nccs7)c7cc(F)ccc7O)C8)nn6)CC5)C4)cc3C2=O)C(=O)N1. The third-order valence-electron chi connectivity index (χ3n) is 13.2. The minimum Gasteiger partial charge on any atom is -0.508 e. The Morgan fingerprint density at radius 1 is 0.864 bits per heavy atom. The molecule has 3 fully saturated rings. The average molecular weight is 913 g/mol. The number of anilines is 3. The molecule has 2 aromatic heterocycles. The Morgan fingerprint density at radius 2 is 1.70 bits per heavy atom. The molecule has 0 spiro atoms. The zero-order valence-corrected chi connectivity index (χ0v) is 36.4. The molecule has 4 N–H and O–H groups in total. The minimum atomic E-state index is -1.33. The number of thiazole rings is 1. The van der Waals surface area contributed by atoms with E-state index >= 15 is 0 Å². The number of amides is 6. The van der Waals surface area contributed by atoms with Crippen molar-refractivity contribution >= 4 is 63.4 Å². The molecule has 6 amide bonds. The Labute approximate surface area is 382 Å². The first kappa shape index (κ1) is 42.8. The zero-order valence-electron chi connectivity index (χ0n) is 35.6. The van der Waals surface area contributed by atoms with Crippen LogP contribution in [0.2, 0.25) is 0 Å². The third kappa shape index (κ3) is 8.23. The van der Waals surface area contributed by atoms with Gasteiger partial charge >= 0.3 is 0 Å². The first-order chi connectivity index (χ1) is 32.0. The number of carbonyl (C=O) groups is 6. The highest BCUT2D eigenvalue weighted by atomic mass is 32.1. The summed E-state index contributed by atoms with van der Waals surface area (Å²) in [6.07, 6.45) is 5.64. The van der Waals surface area contributed by atoms with Gasteiger partial charge in [-0.25, -0.2) is 9.37 Å². The quantitative estimate of drug-likeness (QED) is 0.133. The molecule has 66 heavy (non-hydrogen) atoms. The van der Waals surface area contributed by atoms with E-state index in [9.17, 15) is 38.3 Å². The van der Waals surface area contributed by atoms with Crippen molar-refractivity contribution in [3.63, 3.8) is 0 Å². The summed E-state index contributed by atoms with van der Waals surface area (Å²) in [7, 11) is 0. The molecule has 3 atom stereocenters. The van der Waals surface area contributed by atoms with Gasteiger partial charge in [-0.1, -0.05) is 12.1 Å². The third-order valence-corrected chi connectivity index (χ3v) is 13.9. The van der Waals surface area contributed by atoms with Crippen molar-refractivity contribution in [1.29, 1.82) is 0 Å². The number of hydrogen-bond acceptors (Lipinski definition) is 14. The Kier molecular flexibility index (Phi) is 11.5. The number of halogens is 1. The second-order valence-corrected chi connectivity index (χ2v) is 18.2. The summed E-state index contributed by atoms with van der Waals surface area (Å²) in [5.41, 5.74) is 3.65. The molecule has 5 aliphatic heterocycles.